The second kappa shape index (κ2) is 6.61. The number of rotatable bonds is 5. The number of benzene rings is 2. The molecule has 0 saturated carbocycles. The molecule has 0 amide bonds. The largest absolute Gasteiger partial charge is 0.497 e. The van der Waals surface area contributed by atoms with Crippen LogP contribution in [0.4, 0.5) is 4.39 Å². The Balaban J connectivity index is 2.07. The van der Waals surface area contributed by atoms with Gasteiger partial charge in [0.1, 0.15) is 18.1 Å². The van der Waals surface area contributed by atoms with Crippen molar-refractivity contribution in [2.75, 3.05) is 14.2 Å². The van der Waals surface area contributed by atoms with E-state index < -0.39 is 5.82 Å². The molecule has 0 saturated heterocycles. The predicted octanol–water partition coefficient (Wildman–Crippen LogP) is 4.18. The Bertz CT molecular complexity index is 602. The van der Waals surface area contributed by atoms with Crippen LogP contribution in [0.25, 0.3) is 0 Å². The molecule has 0 spiro atoms. The molecule has 2 aromatic carbocycles. The fourth-order valence-electron chi connectivity index (χ4n) is 1.69. The maximum atomic E-state index is 13.5. The van der Waals surface area contributed by atoms with Crippen molar-refractivity contribution in [2.45, 2.75) is 6.61 Å². The SMILES string of the molecule is COc1ccc(OCc2ccc(OC)c(F)c2)c(Br)c1. The van der Waals surface area contributed by atoms with Gasteiger partial charge in [-0.2, -0.15) is 0 Å². The number of hydrogen-bond donors (Lipinski definition) is 0. The molecule has 0 aliphatic carbocycles. The van der Waals surface area contributed by atoms with Crippen molar-refractivity contribution >= 4 is 15.9 Å². The highest BCUT2D eigenvalue weighted by Gasteiger charge is 2.06. The summed E-state index contributed by atoms with van der Waals surface area (Å²) in [5.74, 6) is 1.23. The Morgan fingerprint density at radius 1 is 1.00 bits per heavy atom. The Kier molecular flexibility index (Phi) is 4.84. The Hall–Kier alpha value is -1.75. The summed E-state index contributed by atoms with van der Waals surface area (Å²) in [5, 5.41) is 0. The first-order valence-electron chi connectivity index (χ1n) is 5.93. The first-order chi connectivity index (χ1) is 9.63. The lowest BCUT2D eigenvalue weighted by Crippen LogP contribution is -1.98. The second-order valence-corrected chi connectivity index (χ2v) is 4.91. The molecule has 0 heterocycles. The van der Waals surface area contributed by atoms with Gasteiger partial charge in [-0.05, 0) is 51.8 Å². The topological polar surface area (TPSA) is 27.7 Å². The molecule has 5 heteroatoms. The van der Waals surface area contributed by atoms with Crippen LogP contribution in [-0.2, 0) is 6.61 Å². The molecule has 0 N–H and O–H groups in total. The average Bonchev–Trinajstić information content (AvgIpc) is 2.46. The van der Waals surface area contributed by atoms with E-state index in [1.165, 1.54) is 13.2 Å². The smallest absolute Gasteiger partial charge is 0.165 e. The van der Waals surface area contributed by atoms with E-state index in [9.17, 15) is 4.39 Å². The standard InChI is InChI=1S/C15H14BrFO3/c1-18-11-4-6-14(12(16)8-11)20-9-10-3-5-15(19-2)13(17)7-10/h3-8H,9H2,1-2H3. The summed E-state index contributed by atoms with van der Waals surface area (Å²) in [6.45, 7) is 0.270. The van der Waals surface area contributed by atoms with E-state index in [2.05, 4.69) is 15.9 Å². The van der Waals surface area contributed by atoms with Gasteiger partial charge in [0.05, 0.1) is 18.7 Å². The van der Waals surface area contributed by atoms with Crippen LogP contribution in [0.5, 0.6) is 17.2 Å². The molecule has 0 aliphatic heterocycles. The molecule has 0 radical (unpaired) electrons. The van der Waals surface area contributed by atoms with Crippen LogP contribution < -0.4 is 14.2 Å². The van der Waals surface area contributed by atoms with Gasteiger partial charge in [0.15, 0.2) is 11.6 Å². The van der Waals surface area contributed by atoms with Crippen LogP contribution in [0.2, 0.25) is 0 Å². The highest BCUT2D eigenvalue weighted by molar-refractivity contribution is 9.10. The Labute approximate surface area is 125 Å². The zero-order valence-corrected chi connectivity index (χ0v) is 12.7. The summed E-state index contributed by atoms with van der Waals surface area (Å²) in [6.07, 6.45) is 0. The van der Waals surface area contributed by atoms with Crippen molar-refractivity contribution in [3.8, 4) is 17.2 Å². The predicted molar refractivity (Wildman–Crippen MR) is 78.0 cm³/mol. The molecule has 106 valence electrons. The summed E-state index contributed by atoms with van der Waals surface area (Å²) < 4.78 is 29.9. The lowest BCUT2D eigenvalue weighted by molar-refractivity contribution is 0.302. The molecule has 0 bridgehead atoms. The van der Waals surface area contributed by atoms with Crippen LogP contribution in [0.15, 0.2) is 40.9 Å². The van der Waals surface area contributed by atoms with Gasteiger partial charge in [0.25, 0.3) is 0 Å². The minimum Gasteiger partial charge on any atom is -0.497 e. The zero-order chi connectivity index (χ0) is 14.5. The van der Waals surface area contributed by atoms with Gasteiger partial charge in [0, 0.05) is 0 Å². The van der Waals surface area contributed by atoms with E-state index >= 15 is 0 Å². The molecule has 2 aromatic rings. The van der Waals surface area contributed by atoms with E-state index in [1.54, 1.807) is 31.4 Å². The van der Waals surface area contributed by atoms with Crippen molar-refractivity contribution in [3.05, 3.63) is 52.3 Å². The van der Waals surface area contributed by atoms with Gasteiger partial charge < -0.3 is 14.2 Å². The van der Waals surface area contributed by atoms with E-state index in [0.717, 1.165) is 15.8 Å². The lowest BCUT2D eigenvalue weighted by Gasteiger charge is -2.10. The van der Waals surface area contributed by atoms with Gasteiger partial charge >= 0.3 is 0 Å². The maximum Gasteiger partial charge on any atom is 0.165 e. The summed E-state index contributed by atoms with van der Waals surface area (Å²) in [6, 6.07) is 10.1. The van der Waals surface area contributed by atoms with E-state index in [0.29, 0.717) is 5.75 Å². The number of hydrogen-bond acceptors (Lipinski definition) is 3. The van der Waals surface area contributed by atoms with Gasteiger partial charge in [0.2, 0.25) is 0 Å². The van der Waals surface area contributed by atoms with Crippen molar-refractivity contribution in [1.29, 1.82) is 0 Å². The normalized spacial score (nSPS) is 10.2. The van der Waals surface area contributed by atoms with Crippen molar-refractivity contribution in [3.63, 3.8) is 0 Å². The van der Waals surface area contributed by atoms with Gasteiger partial charge in [-0.3, -0.25) is 0 Å². The molecule has 20 heavy (non-hydrogen) atoms. The van der Waals surface area contributed by atoms with E-state index in [4.69, 9.17) is 14.2 Å². The highest BCUT2D eigenvalue weighted by Crippen LogP contribution is 2.30. The third-order valence-electron chi connectivity index (χ3n) is 2.75. The molecule has 2 rings (SSSR count). The van der Waals surface area contributed by atoms with Crippen LogP contribution >= 0.6 is 15.9 Å². The Morgan fingerprint density at radius 3 is 2.35 bits per heavy atom. The van der Waals surface area contributed by atoms with Crippen LogP contribution in [0.3, 0.4) is 0 Å². The molecule has 0 unspecified atom stereocenters. The van der Waals surface area contributed by atoms with E-state index in [1.807, 2.05) is 6.07 Å². The number of ether oxygens (including phenoxy) is 3. The molecule has 0 aliphatic rings. The molecular weight excluding hydrogens is 327 g/mol. The van der Waals surface area contributed by atoms with Crippen molar-refractivity contribution < 1.29 is 18.6 Å². The average molecular weight is 341 g/mol. The second-order valence-electron chi connectivity index (χ2n) is 4.05. The highest BCUT2D eigenvalue weighted by atomic mass is 79.9. The monoisotopic (exact) mass is 340 g/mol. The van der Waals surface area contributed by atoms with Gasteiger partial charge in [-0.1, -0.05) is 6.07 Å². The molecule has 0 aromatic heterocycles. The summed E-state index contributed by atoms with van der Waals surface area (Å²) in [5.41, 5.74) is 0.728. The molecule has 0 fully saturated rings. The zero-order valence-electron chi connectivity index (χ0n) is 11.2. The van der Waals surface area contributed by atoms with Crippen LogP contribution in [0.1, 0.15) is 5.56 Å². The fourth-order valence-corrected chi connectivity index (χ4v) is 2.16. The molecule has 3 nitrogen and oxygen atoms in total. The quantitative estimate of drug-likeness (QED) is 0.816. The lowest BCUT2D eigenvalue weighted by atomic mass is 10.2. The first-order valence-corrected chi connectivity index (χ1v) is 6.72. The minimum atomic E-state index is -0.401. The Morgan fingerprint density at radius 2 is 1.75 bits per heavy atom. The third-order valence-corrected chi connectivity index (χ3v) is 3.37. The minimum absolute atomic E-state index is 0.222. The van der Waals surface area contributed by atoms with Crippen molar-refractivity contribution in [2.24, 2.45) is 0 Å². The third kappa shape index (κ3) is 3.42. The summed E-state index contributed by atoms with van der Waals surface area (Å²) in [7, 11) is 3.03. The molecule has 0 atom stereocenters. The summed E-state index contributed by atoms with van der Waals surface area (Å²) in [4.78, 5) is 0. The number of halogens is 2. The fraction of sp³-hybridized carbons (Fsp3) is 0.200. The summed E-state index contributed by atoms with van der Waals surface area (Å²) >= 11 is 3.40. The van der Waals surface area contributed by atoms with Crippen molar-refractivity contribution in [1.82, 2.24) is 0 Å². The van der Waals surface area contributed by atoms with Gasteiger partial charge in [-0.15, -0.1) is 0 Å². The first kappa shape index (κ1) is 14.7. The number of methoxy groups -OCH3 is 2. The van der Waals surface area contributed by atoms with E-state index in [-0.39, 0.29) is 12.4 Å². The molecular formula is C15H14BrFO3. The maximum absolute atomic E-state index is 13.5. The van der Waals surface area contributed by atoms with Crippen LogP contribution in [-0.4, -0.2) is 14.2 Å². The van der Waals surface area contributed by atoms with Crippen LogP contribution in [0, 0.1) is 5.82 Å². The van der Waals surface area contributed by atoms with Gasteiger partial charge in [-0.25, -0.2) is 4.39 Å².